The number of anilines is 2. The van der Waals surface area contributed by atoms with E-state index in [-0.39, 0.29) is 24.3 Å². The number of thiazole rings is 1. The van der Waals surface area contributed by atoms with Crippen molar-refractivity contribution in [2.24, 2.45) is 5.92 Å². The molecule has 6 nitrogen and oxygen atoms in total. The maximum absolute atomic E-state index is 13.3. The Morgan fingerprint density at radius 2 is 1.76 bits per heavy atom. The van der Waals surface area contributed by atoms with E-state index in [1.54, 1.807) is 17.0 Å². The maximum atomic E-state index is 13.3. The van der Waals surface area contributed by atoms with Crippen molar-refractivity contribution in [2.45, 2.75) is 38.6 Å². The van der Waals surface area contributed by atoms with Gasteiger partial charge in [0.05, 0.1) is 5.69 Å². The van der Waals surface area contributed by atoms with Crippen LogP contribution in [0.2, 0.25) is 5.02 Å². The summed E-state index contributed by atoms with van der Waals surface area (Å²) in [4.78, 5) is 32.1. The lowest BCUT2D eigenvalue weighted by molar-refractivity contribution is -0.139. The second-order valence-electron chi connectivity index (χ2n) is 8.35. The number of carbonyl (C=O) groups is 2. The van der Waals surface area contributed by atoms with E-state index in [4.69, 9.17) is 17.3 Å². The number of hydrogen-bond donors (Lipinski definition) is 2. The minimum atomic E-state index is -0.223. The van der Waals surface area contributed by atoms with Gasteiger partial charge in [0.2, 0.25) is 11.8 Å². The molecule has 0 spiro atoms. The topological polar surface area (TPSA) is 88.3 Å². The molecule has 2 aromatic carbocycles. The summed E-state index contributed by atoms with van der Waals surface area (Å²) < 4.78 is 0. The highest BCUT2D eigenvalue weighted by Crippen LogP contribution is 2.27. The molecule has 0 saturated heterocycles. The first kappa shape index (κ1) is 23.3. The van der Waals surface area contributed by atoms with Crippen molar-refractivity contribution in [1.29, 1.82) is 0 Å². The van der Waals surface area contributed by atoms with Crippen molar-refractivity contribution < 1.29 is 9.59 Å². The molecule has 33 heavy (non-hydrogen) atoms. The lowest BCUT2D eigenvalue weighted by atomic mass is 9.88. The number of nitrogens with two attached hydrogens (primary N) is 1. The van der Waals surface area contributed by atoms with E-state index < -0.39 is 0 Å². The largest absolute Gasteiger partial charge is 0.375 e. The van der Waals surface area contributed by atoms with E-state index >= 15 is 0 Å². The van der Waals surface area contributed by atoms with Crippen LogP contribution < -0.4 is 11.1 Å². The highest BCUT2D eigenvalue weighted by molar-refractivity contribution is 7.13. The standard InChI is InChI=1S/C25H27ClN4O2S/c26-20-10-6-17(7-11-20)14-30(24(32)19-4-2-1-3-5-19)15-23(31)28-21-12-8-18(9-13-21)22-16-33-25(27)29-22/h6-13,16,19H,1-5,14-15H2,(H2,27,29)(H,28,31). The van der Waals surface area contributed by atoms with Gasteiger partial charge in [0, 0.05) is 34.1 Å². The third-order valence-electron chi connectivity index (χ3n) is 5.87. The number of rotatable bonds is 7. The predicted molar refractivity (Wildman–Crippen MR) is 134 cm³/mol. The second kappa shape index (κ2) is 10.8. The molecule has 0 radical (unpaired) electrons. The van der Waals surface area contributed by atoms with Crippen LogP contribution >= 0.6 is 22.9 Å². The van der Waals surface area contributed by atoms with Gasteiger partial charge in [0.1, 0.15) is 6.54 Å². The molecule has 2 amide bonds. The van der Waals surface area contributed by atoms with Crippen LogP contribution in [0, 0.1) is 5.92 Å². The zero-order valence-corrected chi connectivity index (χ0v) is 19.9. The van der Waals surface area contributed by atoms with Crippen LogP contribution in [0.5, 0.6) is 0 Å². The van der Waals surface area contributed by atoms with E-state index in [9.17, 15) is 9.59 Å². The summed E-state index contributed by atoms with van der Waals surface area (Å²) in [7, 11) is 0. The van der Waals surface area contributed by atoms with Gasteiger partial charge in [-0.05, 0) is 42.7 Å². The van der Waals surface area contributed by atoms with Gasteiger partial charge >= 0.3 is 0 Å². The summed E-state index contributed by atoms with van der Waals surface area (Å²) in [6, 6.07) is 14.8. The molecule has 1 aliphatic rings. The third-order valence-corrected chi connectivity index (χ3v) is 6.80. The van der Waals surface area contributed by atoms with E-state index in [0.717, 1.165) is 42.5 Å². The Labute approximate surface area is 202 Å². The van der Waals surface area contributed by atoms with Crippen LogP contribution in [0.25, 0.3) is 11.3 Å². The summed E-state index contributed by atoms with van der Waals surface area (Å²) >= 11 is 7.39. The first-order valence-corrected chi connectivity index (χ1v) is 12.4. The van der Waals surface area contributed by atoms with Crippen molar-refractivity contribution >= 4 is 45.6 Å². The molecule has 1 heterocycles. The molecule has 1 saturated carbocycles. The summed E-state index contributed by atoms with van der Waals surface area (Å²) in [5.74, 6) is -0.182. The quantitative estimate of drug-likeness (QED) is 0.459. The highest BCUT2D eigenvalue weighted by atomic mass is 35.5. The summed E-state index contributed by atoms with van der Waals surface area (Å²) in [6.45, 7) is 0.381. The van der Waals surface area contributed by atoms with Crippen molar-refractivity contribution in [3.05, 3.63) is 64.5 Å². The fourth-order valence-corrected chi connectivity index (χ4v) is 4.85. The number of amides is 2. The first-order chi connectivity index (χ1) is 16.0. The van der Waals surface area contributed by atoms with Gasteiger partial charge in [0.15, 0.2) is 5.13 Å². The number of halogens is 1. The molecular formula is C25H27ClN4O2S. The van der Waals surface area contributed by atoms with Crippen LogP contribution in [-0.4, -0.2) is 28.2 Å². The SMILES string of the molecule is Nc1nc(-c2ccc(NC(=O)CN(Cc3ccc(Cl)cc3)C(=O)C3CCCCC3)cc2)cs1. The van der Waals surface area contributed by atoms with Gasteiger partial charge in [-0.1, -0.05) is 55.1 Å². The Kier molecular flexibility index (Phi) is 7.62. The molecule has 0 aliphatic heterocycles. The number of carbonyl (C=O) groups excluding carboxylic acids is 2. The Balaban J connectivity index is 1.43. The Bertz CT molecular complexity index is 1090. The predicted octanol–water partition coefficient (Wildman–Crippen LogP) is 5.59. The van der Waals surface area contributed by atoms with Gasteiger partial charge in [-0.15, -0.1) is 11.3 Å². The molecule has 1 fully saturated rings. The maximum Gasteiger partial charge on any atom is 0.244 e. The number of aromatic nitrogens is 1. The Morgan fingerprint density at radius 1 is 1.06 bits per heavy atom. The van der Waals surface area contributed by atoms with Crippen LogP contribution in [0.3, 0.4) is 0 Å². The Hall–Kier alpha value is -2.90. The fraction of sp³-hybridized carbons (Fsp3) is 0.320. The molecule has 3 N–H and O–H groups in total. The van der Waals surface area contributed by atoms with Gasteiger partial charge in [-0.2, -0.15) is 0 Å². The van der Waals surface area contributed by atoms with E-state index in [2.05, 4.69) is 10.3 Å². The molecule has 0 bridgehead atoms. The van der Waals surface area contributed by atoms with Gasteiger partial charge < -0.3 is 16.0 Å². The number of benzene rings is 2. The van der Waals surface area contributed by atoms with Crippen molar-refractivity contribution in [3.8, 4) is 11.3 Å². The van der Waals surface area contributed by atoms with Gasteiger partial charge in [-0.3, -0.25) is 9.59 Å². The zero-order valence-electron chi connectivity index (χ0n) is 18.3. The summed E-state index contributed by atoms with van der Waals surface area (Å²) in [5.41, 5.74) is 9.06. The molecule has 3 aromatic rings. The molecule has 4 rings (SSSR count). The van der Waals surface area contributed by atoms with Crippen molar-refractivity contribution in [3.63, 3.8) is 0 Å². The summed E-state index contributed by atoms with van der Waals surface area (Å²) in [6.07, 6.45) is 5.08. The number of nitrogens with zero attached hydrogens (tertiary/aromatic N) is 2. The molecule has 8 heteroatoms. The molecule has 1 aliphatic carbocycles. The number of nitrogens with one attached hydrogen (secondary N) is 1. The van der Waals surface area contributed by atoms with Crippen LogP contribution in [0.15, 0.2) is 53.9 Å². The zero-order chi connectivity index (χ0) is 23.2. The van der Waals surface area contributed by atoms with E-state index in [1.807, 2.05) is 41.8 Å². The molecule has 0 atom stereocenters. The average molecular weight is 483 g/mol. The first-order valence-electron chi connectivity index (χ1n) is 11.1. The van der Waals surface area contributed by atoms with E-state index in [1.165, 1.54) is 17.8 Å². The average Bonchev–Trinajstić information content (AvgIpc) is 3.27. The minimum Gasteiger partial charge on any atom is -0.375 e. The van der Waals surface area contributed by atoms with Gasteiger partial charge in [-0.25, -0.2) is 4.98 Å². The number of hydrogen-bond acceptors (Lipinski definition) is 5. The molecule has 0 unspecified atom stereocenters. The van der Waals surface area contributed by atoms with E-state index in [0.29, 0.717) is 22.4 Å². The smallest absolute Gasteiger partial charge is 0.244 e. The summed E-state index contributed by atoms with van der Waals surface area (Å²) in [5, 5.41) is 5.97. The minimum absolute atomic E-state index is 0.00231. The molecule has 1 aromatic heterocycles. The lowest BCUT2D eigenvalue weighted by Crippen LogP contribution is -2.41. The van der Waals surface area contributed by atoms with Gasteiger partial charge in [0.25, 0.3) is 0 Å². The highest BCUT2D eigenvalue weighted by Gasteiger charge is 2.27. The van der Waals surface area contributed by atoms with Crippen LogP contribution in [0.1, 0.15) is 37.7 Å². The van der Waals surface area contributed by atoms with Crippen molar-refractivity contribution in [1.82, 2.24) is 9.88 Å². The lowest BCUT2D eigenvalue weighted by Gasteiger charge is -2.29. The fourth-order valence-electron chi connectivity index (χ4n) is 4.15. The van der Waals surface area contributed by atoms with Crippen LogP contribution in [0.4, 0.5) is 10.8 Å². The second-order valence-corrected chi connectivity index (χ2v) is 9.68. The molecule has 172 valence electrons. The Morgan fingerprint density at radius 3 is 2.39 bits per heavy atom. The monoisotopic (exact) mass is 482 g/mol. The normalized spacial score (nSPS) is 14.1. The molecular weight excluding hydrogens is 456 g/mol. The van der Waals surface area contributed by atoms with Crippen molar-refractivity contribution in [2.75, 3.05) is 17.6 Å². The van der Waals surface area contributed by atoms with Crippen LogP contribution in [-0.2, 0) is 16.1 Å². The third kappa shape index (κ3) is 6.33. The number of nitrogen functional groups attached to an aromatic ring is 1.